The third-order valence-electron chi connectivity index (χ3n) is 2.92. The van der Waals surface area contributed by atoms with Gasteiger partial charge in [-0.1, -0.05) is 23.7 Å². The molecule has 0 amide bonds. The van der Waals surface area contributed by atoms with Gasteiger partial charge in [-0.05, 0) is 54.1 Å². The topological polar surface area (TPSA) is 21.3 Å². The fraction of sp³-hybridized carbons (Fsp3) is 0.200. The molecular weight excluding hydrogens is 338 g/mol. The zero-order chi connectivity index (χ0) is 16.2. The van der Waals surface area contributed by atoms with Crippen LogP contribution in [0.1, 0.15) is 11.1 Å². The van der Waals surface area contributed by atoms with Crippen LogP contribution in [0.5, 0.6) is 11.5 Å². The molecule has 0 aliphatic heterocycles. The third kappa shape index (κ3) is 4.53. The van der Waals surface area contributed by atoms with Gasteiger partial charge in [0.1, 0.15) is 11.5 Å². The molecule has 0 spiro atoms. The maximum Gasteiger partial charge on any atom is 0.416 e. The Balaban J connectivity index is 2.10. The standard InChI is InChI=1S/C15H12Cl2F3NO/c16-13-9-11(15(18,19)20)3-6-14(13)22-12-4-1-10(2-5-12)7-8-21-17/h1-6,9,21H,7-8H2. The van der Waals surface area contributed by atoms with E-state index in [0.29, 0.717) is 12.3 Å². The van der Waals surface area contributed by atoms with Gasteiger partial charge in [0.15, 0.2) is 0 Å². The molecule has 0 saturated carbocycles. The summed E-state index contributed by atoms with van der Waals surface area (Å²) in [5, 5.41) is -0.0924. The number of benzene rings is 2. The van der Waals surface area contributed by atoms with Crippen molar-refractivity contribution in [2.45, 2.75) is 12.6 Å². The molecule has 7 heteroatoms. The SMILES string of the molecule is FC(F)(F)c1ccc(Oc2ccc(CCNCl)cc2)c(Cl)c1. The molecule has 22 heavy (non-hydrogen) atoms. The fourth-order valence-electron chi connectivity index (χ4n) is 1.80. The summed E-state index contributed by atoms with van der Waals surface area (Å²) in [6.45, 7) is 0.631. The molecule has 0 aliphatic rings. The number of alkyl halides is 3. The molecule has 118 valence electrons. The van der Waals surface area contributed by atoms with E-state index in [4.69, 9.17) is 28.1 Å². The summed E-state index contributed by atoms with van der Waals surface area (Å²) in [5.74, 6) is 0.661. The van der Waals surface area contributed by atoms with Crippen molar-refractivity contribution < 1.29 is 17.9 Å². The lowest BCUT2D eigenvalue weighted by Crippen LogP contribution is -2.04. The lowest BCUT2D eigenvalue weighted by atomic mass is 10.1. The Morgan fingerprint density at radius 1 is 1.05 bits per heavy atom. The predicted octanol–water partition coefficient (Wildman–Crippen LogP) is 5.44. The maximum atomic E-state index is 12.6. The molecule has 2 rings (SSSR count). The molecule has 0 heterocycles. The van der Waals surface area contributed by atoms with Crippen LogP contribution in [-0.2, 0) is 12.6 Å². The molecule has 2 aromatic carbocycles. The van der Waals surface area contributed by atoms with Crippen LogP contribution in [0.4, 0.5) is 13.2 Å². The van der Waals surface area contributed by atoms with Crippen molar-refractivity contribution in [3.8, 4) is 11.5 Å². The fourth-order valence-corrected chi connectivity index (χ4v) is 2.12. The van der Waals surface area contributed by atoms with Gasteiger partial charge in [-0.2, -0.15) is 13.2 Å². The summed E-state index contributed by atoms with van der Waals surface area (Å²) in [6, 6.07) is 10.1. The predicted molar refractivity (Wildman–Crippen MR) is 80.5 cm³/mol. The molecule has 1 N–H and O–H groups in total. The van der Waals surface area contributed by atoms with E-state index in [2.05, 4.69) is 4.84 Å². The van der Waals surface area contributed by atoms with E-state index in [9.17, 15) is 13.2 Å². The number of ether oxygens (including phenoxy) is 1. The highest BCUT2D eigenvalue weighted by atomic mass is 35.5. The van der Waals surface area contributed by atoms with Crippen LogP contribution >= 0.6 is 23.4 Å². The van der Waals surface area contributed by atoms with Crippen molar-refractivity contribution in [3.05, 3.63) is 58.6 Å². The minimum Gasteiger partial charge on any atom is -0.456 e. The highest BCUT2D eigenvalue weighted by Crippen LogP contribution is 2.36. The van der Waals surface area contributed by atoms with Crippen LogP contribution < -0.4 is 9.57 Å². The Labute approximate surface area is 135 Å². The Kier molecular flexibility index (Phi) is 5.56. The van der Waals surface area contributed by atoms with Gasteiger partial charge < -0.3 is 4.74 Å². The number of hydrogen-bond donors (Lipinski definition) is 1. The summed E-state index contributed by atoms with van der Waals surface area (Å²) >= 11 is 11.2. The van der Waals surface area contributed by atoms with E-state index in [-0.39, 0.29) is 10.8 Å². The van der Waals surface area contributed by atoms with Gasteiger partial charge in [-0.3, -0.25) is 0 Å². The van der Waals surface area contributed by atoms with Crippen molar-refractivity contribution >= 4 is 23.4 Å². The van der Waals surface area contributed by atoms with Gasteiger partial charge in [0.2, 0.25) is 0 Å². The molecule has 0 fully saturated rings. The first-order valence-electron chi connectivity index (χ1n) is 6.37. The van der Waals surface area contributed by atoms with Crippen molar-refractivity contribution in [1.29, 1.82) is 0 Å². The van der Waals surface area contributed by atoms with Crippen molar-refractivity contribution in [2.24, 2.45) is 0 Å². The van der Waals surface area contributed by atoms with Crippen LogP contribution in [0, 0.1) is 0 Å². The Bertz CT molecular complexity index is 630. The van der Waals surface area contributed by atoms with E-state index in [1.807, 2.05) is 12.1 Å². The average Bonchev–Trinajstić information content (AvgIpc) is 2.47. The van der Waals surface area contributed by atoms with Crippen molar-refractivity contribution in [2.75, 3.05) is 6.54 Å². The summed E-state index contributed by atoms with van der Waals surface area (Å²) < 4.78 is 43.2. The second kappa shape index (κ2) is 7.22. The highest BCUT2D eigenvalue weighted by molar-refractivity contribution is 6.32. The molecule has 0 aliphatic carbocycles. The Morgan fingerprint density at radius 2 is 1.73 bits per heavy atom. The molecule has 0 atom stereocenters. The molecular formula is C15H12Cl2F3NO. The van der Waals surface area contributed by atoms with Crippen LogP contribution in [-0.4, -0.2) is 6.54 Å². The van der Waals surface area contributed by atoms with Crippen molar-refractivity contribution in [3.63, 3.8) is 0 Å². The zero-order valence-corrected chi connectivity index (χ0v) is 12.8. The number of halogens is 5. The average molecular weight is 350 g/mol. The van der Waals surface area contributed by atoms with E-state index in [1.54, 1.807) is 12.1 Å². The van der Waals surface area contributed by atoms with Crippen LogP contribution in [0.2, 0.25) is 5.02 Å². The zero-order valence-electron chi connectivity index (χ0n) is 11.3. The highest BCUT2D eigenvalue weighted by Gasteiger charge is 2.31. The third-order valence-corrected chi connectivity index (χ3v) is 3.40. The van der Waals surface area contributed by atoms with Gasteiger partial charge in [0.05, 0.1) is 10.6 Å². The van der Waals surface area contributed by atoms with Crippen LogP contribution in [0.15, 0.2) is 42.5 Å². The Hall–Kier alpha value is -1.43. The van der Waals surface area contributed by atoms with Crippen LogP contribution in [0.25, 0.3) is 0 Å². The summed E-state index contributed by atoms with van der Waals surface area (Å²) in [5.41, 5.74) is 0.243. The van der Waals surface area contributed by atoms with Crippen molar-refractivity contribution in [1.82, 2.24) is 4.84 Å². The lowest BCUT2D eigenvalue weighted by Gasteiger charge is -2.11. The summed E-state index contributed by atoms with van der Waals surface area (Å²) in [6.07, 6.45) is -3.68. The molecule has 0 bridgehead atoms. The van der Waals surface area contributed by atoms with Gasteiger partial charge in [0, 0.05) is 6.54 Å². The van der Waals surface area contributed by atoms with E-state index in [0.717, 1.165) is 24.1 Å². The normalized spacial score (nSPS) is 11.5. The van der Waals surface area contributed by atoms with E-state index < -0.39 is 11.7 Å². The second-order valence-electron chi connectivity index (χ2n) is 4.52. The first kappa shape index (κ1) is 16.9. The maximum absolute atomic E-state index is 12.6. The quantitative estimate of drug-likeness (QED) is 0.726. The molecule has 0 aromatic heterocycles. The molecule has 2 nitrogen and oxygen atoms in total. The van der Waals surface area contributed by atoms with E-state index in [1.165, 1.54) is 6.07 Å². The van der Waals surface area contributed by atoms with Crippen LogP contribution in [0.3, 0.4) is 0 Å². The van der Waals surface area contributed by atoms with E-state index >= 15 is 0 Å². The number of rotatable bonds is 5. The molecule has 0 unspecified atom stereocenters. The molecule has 0 radical (unpaired) electrons. The smallest absolute Gasteiger partial charge is 0.416 e. The van der Waals surface area contributed by atoms with Gasteiger partial charge >= 0.3 is 6.18 Å². The first-order valence-corrected chi connectivity index (χ1v) is 7.13. The molecule has 0 saturated heterocycles. The Morgan fingerprint density at radius 3 is 2.27 bits per heavy atom. The monoisotopic (exact) mass is 349 g/mol. The van der Waals surface area contributed by atoms with Gasteiger partial charge in [0.25, 0.3) is 0 Å². The van der Waals surface area contributed by atoms with Gasteiger partial charge in [-0.25, -0.2) is 4.84 Å². The largest absolute Gasteiger partial charge is 0.456 e. The number of nitrogens with one attached hydrogen (secondary N) is 1. The second-order valence-corrected chi connectivity index (χ2v) is 5.20. The minimum absolute atomic E-state index is 0.0924. The molecule has 2 aromatic rings. The van der Waals surface area contributed by atoms with Gasteiger partial charge in [-0.15, -0.1) is 0 Å². The first-order chi connectivity index (χ1) is 10.4. The lowest BCUT2D eigenvalue weighted by molar-refractivity contribution is -0.137. The summed E-state index contributed by atoms with van der Waals surface area (Å²) in [7, 11) is 0. The summed E-state index contributed by atoms with van der Waals surface area (Å²) in [4.78, 5) is 2.53. The minimum atomic E-state index is -4.43. The number of hydrogen-bond acceptors (Lipinski definition) is 2.